The maximum atomic E-state index is 13.1. The Kier molecular flexibility index (Phi) is 7.29. The summed E-state index contributed by atoms with van der Waals surface area (Å²) < 4.78 is 34.3. The van der Waals surface area contributed by atoms with Crippen LogP contribution >= 0.6 is 34.5 Å². The predicted molar refractivity (Wildman–Crippen MR) is 148 cm³/mol. The van der Waals surface area contributed by atoms with E-state index in [-0.39, 0.29) is 19.5 Å². The van der Waals surface area contributed by atoms with Gasteiger partial charge in [-0.1, -0.05) is 53.5 Å². The molecule has 2 atom stereocenters. The molecular formula is C25H21Cl2N5O5S2. The van der Waals surface area contributed by atoms with E-state index in [9.17, 15) is 18.0 Å². The second-order valence-electron chi connectivity index (χ2n) is 8.67. The average molecular weight is 607 g/mol. The number of carbonyl (C=O) groups is 2. The minimum Gasteiger partial charge on any atom is -0.453 e. The van der Waals surface area contributed by atoms with Crippen LogP contribution < -0.4 is 15.4 Å². The summed E-state index contributed by atoms with van der Waals surface area (Å²) in [7, 11) is -3.01. The monoisotopic (exact) mass is 605 g/mol. The summed E-state index contributed by atoms with van der Waals surface area (Å²) in [5.41, 5.74) is 1.19. The number of benzene rings is 2. The van der Waals surface area contributed by atoms with Gasteiger partial charge in [-0.3, -0.25) is 5.32 Å². The molecule has 1 aliphatic rings. The first-order valence-electron chi connectivity index (χ1n) is 11.5. The lowest BCUT2D eigenvalue weighted by Crippen LogP contribution is -2.46. The van der Waals surface area contributed by atoms with Gasteiger partial charge in [-0.05, 0) is 42.3 Å². The van der Waals surface area contributed by atoms with Crippen LogP contribution in [0.3, 0.4) is 0 Å². The van der Waals surface area contributed by atoms with E-state index < -0.39 is 27.7 Å². The molecule has 2 unspecified atom stereocenters. The molecule has 39 heavy (non-hydrogen) atoms. The van der Waals surface area contributed by atoms with E-state index in [1.54, 1.807) is 41.2 Å². The summed E-state index contributed by atoms with van der Waals surface area (Å²) in [4.78, 5) is 28.9. The quantitative estimate of drug-likeness (QED) is 0.255. The number of aromatic nitrogens is 2. The molecule has 0 aliphatic heterocycles. The molecule has 3 amide bonds. The van der Waals surface area contributed by atoms with Gasteiger partial charge in [-0.15, -0.1) is 11.3 Å². The van der Waals surface area contributed by atoms with Crippen molar-refractivity contribution in [3.63, 3.8) is 0 Å². The van der Waals surface area contributed by atoms with Crippen molar-refractivity contribution in [2.45, 2.75) is 22.8 Å². The van der Waals surface area contributed by atoms with Crippen LogP contribution in [0.2, 0.25) is 8.67 Å². The summed E-state index contributed by atoms with van der Waals surface area (Å²) in [5.74, 6) is 0.335. The van der Waals surface area contributed by atoms with Gasteiger partial charge >= 0.3 is 12.1 Å². The number of urea groups is 1. The van der Waals surface area contributed by atoms with Crippen LogP contribution in [0, 0.1) is 0 Å². The molecule has 2 aromatic carbocycles. The van der Waals surface area contributed by atoms with E-state index >= 15 is 0 Å². The van der Waals surface area contributed by atoms with Crippen molar-refractivity contribution in [1.29, 1.82) is 0 Å². The Morgan fingerprint density at radius 2 is 1.85 bits per heavy atom. The van der Waals surface area contributed by atoms with Crippen LogP contribution in [-0.2, 0) is 20.3 Å². The lowest BCUT2D eigenvalue weighted by molar-refractivity contribution is 0.187. The number of halogens is 2. The summed E-state index contributed by atoms with van der Waals surface area (Å²) >= 11 is 12.8. The van der Waals surface area contributed by atoms with Crippen LogP contribution in [0.15, 0.2) is 78.0 Å². The topological polar surface area (TPSA) is 131 Å². The zero-order valence-electron chi connectivity index (χ0n) is 20.2. The third-order valence-electron chi connectivity index (χ3n) is 6.26. The predicted octanol–water partition coefficient (Wildman–Crippen LogP) is 5.49. The first-order chi connectivity index (χ1) is 18.6. The van der Waals surface area contributed by atoms with Gasteiger partial charge in [0.1, 0.15) is 20.6 Å². The van der Waals surface area contributed by atoms with E-state index in [0.29, 0.717) is 23.6 Å². The fraction of sp³-hybridized carbons (Fsp3) is 0.160. The number of nitrogens with one attached hydrogen (secondary N) is 3. The van der Waals surface area contributed by atoms with Gasteiger partial charge in [-0.25, -0.2) is 27.7 Å². The molecule has 10 nitrogen and oxygen atoms in total. The Morgan fingerprint density at radius 1 is 1.13 bits per heavy atom. The molecule has 1 aliphatic carbocycles. The zero-order valence-corrected chi connectivity index (χ0v) is 23.4. The number of rotatable bonds is 7. The highest BCUT2D eigenvalue weighted by molar-refractivity contribution is 7.90. The number of thiophene rings is 1. The molecule has 2 heterocycles. The second kappa shape index (κ2) is 10.5. The van der Waals surface area contributed by atoms with E-state index in [1.165, 1.54) is 13.2 Å². The highest BCUT2D eigenvalue weighted by atomic mass is 35.5. The van der Waals surface area contributed by atoms with Gasteiger partial charge in [0, 0.05) is 29.7 Å². The zero-order chi connectivity index (χ0) is 27.8. The first kappa shape index (κ1) is 27.0. The van der Waals surface area contributed by atoms with E-state index in [2.05, 4.69) is 20.4 Å². The smallest absolute Gasteiger partial charge is 0.411 e. The van der Waals surface area contributed by atoms with Crippen molar-refractivity contribution < 1.29 is 22.7 Å². The average Bonchev–Trinajstić information content (AvgIpc) is 3.21. The van der Waals surface area contributed by atoms with Crippen molar-refractivity contribution in [3.8, 4) is 5.69 Å². The summed E-state index contributed by atoms with van der Waals surface area (Å²) in [6, 6.07) is 16.8. The maximum Gasteiger partial charge on any atom is 0.411 e. The summed E-state index contributed by atoms with van der Waals surface area (Å²) in [5, 5.41) is 5.46. The Balaban J connectivity index is 1.46. The molecule has 0 radical (unpaired) electrons. The number of carbonyl (C=O) groups excluding carboxylic acids is 2. The van der Waals surface area contributed by atoms with E-state index in [4.69, 9.17) is 23.2 Å². The number of nitrogens with zero attached hydrogens (tertiary/aromatic N) is 2. The Labute approximate surface area is 238 Å². The van der Waals surface area contributed by atoms with Crippen molar-refractivity contribution in [3.05, 3.63) is 93.1 Å². The number of hydrogen-bond acceptors (Lipinski definition) is 7. The van der Waals surface area contributed by atoms with Gasteiger partial charge in [0.15, 0.2) is 0 Å². The van der Waals surface area contributed by atoms with Crippen molar-refractivity contribution in [2.24, 2.45) is 0 Å². The third-order valence-corrected chi connectivity index (χ3v) is 9.34. The maximum absolute atomic E-state index is 13.1. The summed E-state index contributed by atoms with van der Waals surface area (Å²) in [6.07, 6.45) is 3.23. The van der Waals surface area contributed by atoms with Gasteiger partial charge in [0.25, 0.3) is 10.0 Å². The normalized spacial score (nSPS) is 18.3. The molecule has 1 saturated carbocycles. The number of imidazole rings is 1. The van der Waals surface area contributed by atoms with Crippen LogP contribution in [-0.4, -0.2) is 37.2 Å². The second-order valence-corrected chi connectivity index (χ2v) is 12.6. The molecule has 14 heteroatoms. The standard InChI is InChI=1S/C25H21Cl2N5O5S2/c1-37-24(34)29-16-7-9-17(10-8-16)32-12-11-28-22(32)25(14-18(25)15-5-3-2-4-6-15)30-23(33)31-39(35,36)19-13-20(26)38-21(19)27/h2-13,18H,14H2,1H3,(H,29,34)(H2,30,31,33). The molecule has 5 rings (SSSR count). The lowest BCUT2D eigenvalue weighted by atomic mass is 10.1. The Hall–Kier alpha value is -3.58. The molecule has 0 bridgehead atoms. The van der Waals surface area contributed by atoms with Crippen LogP contribution in [0.25, 0.3) is 5.69 Å². The van der Waals surface area contributed by atoms with Crippen LogP contribution in [0.5, 0.6) is 0 Å². The number of methoxy groups -OCH3 is 1. The fourth-order valence-corrected chi connectivity index (χ4v) is 7.48. The largest absolute Gasteiger partial charge is 0.453 e. The van der Waals surface area contributed by atoms with Crippen molar-refractivity contribution in [1.82, 2.24) is 19.6 Å². The summed E-state index contributed by atoms with van der Waals surface area (Å²) in [6.45, 7) is 0. The van der Waals surface area contributed by atoms with Gasteiger partial charge in [-0.2, -0.15) is 0 Å². The number of sulfonamides is 1. The van der Waals surface area contributed by atoms with Crippen molar-refractivity contribution >= 4 is 62.4 Å². The van der Waals surface area contributed by atoms with Gasteiger partial charge in [0.05, 0.1) is 11.4 Å². The minimum atomic E-state index is -4.28. The number of hydrogen-bond donors (Lipinski definition) is 3. The molecule has 3 N–H and O–H groups in total. The molecular weight excluding hydrogens is 585 g/mol. The lowest BCUT2D eigenvalue weighted by Gasteiger charge is -2.21. The van der Waals surface area contributed by atoms with Crippen LogP contribution in [0.4, 0.5) is 15.3 Å². The van der Waals surface area contributed by atoms with Crippen LogP contribution in [0.1, 0.15) is 23.7 Å². The highest BCUT2D eigenvalue weighted by Crippen LogP contribution is 2.58. The third kappa shape index (κ3) is 5.46. The first-order valence-corrected chi connectivity index (χ1v) is 14.5. The van der Waals surface area contributed by atoms with Gasteiger partial charge < -0.3 is 14.6 Å². The molecule has 0 saturated heterocycles. The minimum absolute atomic E-state index is 0.0516. The van der Waals surface area contributed by atoms with Crippen molar-refractivity contribution in [2.75, 3.05) is 12.4 Å². The number of anilines is 1. The molecule has 2 aromatic heterocycles. The highest BCUT2D eigenvalue weighted by Gasteiger charge is 2.60. The van der Waals surface area contributed by atoms with Gasteiger partial charge in [0.2, 0.25) is 0 Å². The molecule has 202 valence electrons. The van der Waals surface area contributed by atoms with E-state index in [1.807, 2.05) is 35.1 Å². The SMILES string of the molecule is COC(=O)Nc1ccc(-n2ccnc2C2(NC(=O)NS(=O)(=O)c3cc(Cl)sc3Cl)CC2c2ccccc2)cc1. The molecule has 4 aromatic rings. The molecule has 1 fully saturated rings. The number of amides is 3. The number of ether oxygens (including phenoxy) is 1. The van der Waals surface area contributed by atoms with E-state index in [0.717, 1.165) is 16.9 Å². The molecule has 0 spiro atoms. The Morgan fingerprint density at radius 3 is 2.49 bits per heavy atom. The fourth-order valence-electron chi connectivity index (χ4n) is 4.42. The Bertz CT molecular complexity index is 1640.